The number of hydrogen-bond donors (Lipinski definition) is 3. The zero-order valence-electron chi connectivity index (χ0n) is 14.7. The van der Waals surface area contributed by atoms with Crippen LogP contribution in [0.25, 0.3) is 0 Å². The van der Waals surface area contributed by atoms with Gasteiger partial charge in [-0.3, -0.25) is 4.79 Å². The minimum atomic E-state index is -4.18. The third-order valence-corrected chi connectivity index (χ3v) is 4.70. The summed E-state index contributed by atoms with van der Waals surface area (Å²) < 4.78 is 31.5. The summed E-state index contributed by atoms with van der Waals surface area (Å²) in [5, 5.41) is 12.4. The van der Waals surface area contributed by atoms with Gasteiger partial charge < -0.3 is 14.6 Å². The van der Waals surface area contributed by atoms with E-state index in [9.17, 15) is 18.3 Å². The molecule has 0 bridgehead atoms. The maximum absolute atomic E-state index is 12.3. The van der Waals surface area contributed by atoms with Crippen molar-refractivity contribution in [2.75, 3.05) is 5.32 Å². The monoisotopic (exact) mass is 398 g/mol. The van der Waals surface area contributed by atoms with E-state index in [0.717, 1.165) is 0 Å². The largest absolute Gasteiger partial charge is 0.504 e. The molecule has 0 aliphatic rings. The van der Waals surface area contributed by atoms with Crippen LogP contribution >= 0.6 is 0 Å². The molecular weight excluding hydrogens is 380 g/mol. The van der Waals surface area contributed by atoms with Crippen molar-refractivity contribution in [3.63, 3.8) is 0 Å². The first-order chi connectivity index (χ1) is 13.4. The Kier molecular flexibility index (Phi) is 5.93. The number of para-hydroxylation sites is 3. The van der Waals surface area contributed by atoms with Gasteiger partial charge >= 0.3 is 10.3 Å². The van der Waals surface area contributed by atoms with Gasteiger partial charge in [0, 0.05) is 17.8 Å². The summed E-state index contributed by atoms with van der Waals surface area (Å²) in [6.45, 7) is -0.110. The lowest BCUT2D eigenvalue weighted by Gasteiger charge is -2.13. The molecule has 0 aliphatic carbocycles. The molecule has 144 valence electrons. The highest BCUT2D eigenvalue weighted by Gasteiger charge is 2.16. The molecule has 0 aliphatic heterocycles. The zero-order valence-corrected chi connectivity index (χ0v) is 15.5. The lowest BCUT2D eigenvalue weighted by molar-refractivity contribution is 0.102. The Morgan fingerprint density at radius 2 is 1.54 bits per heavy atom. The molecule has 3 aromatic carbocycles. The van der Waals surface area contributed by atoms with Crippen molar-refractivity contribution >= 4 is 21.9 Å². The fourth-order valence-corrected chi connectivity index (χ4v) is 3.19. The highest BCUT2D eigenvalue weighted by Crippen LogP contribution is 2.25. The Morgan fingerprint density at radius 3 is 2.29 bits per heavy atom. The van der Waals surface area contributed by atoms with Crippen molar-refractivity contribution in [3.05, 3.63) is 90.0 Å². The van der Waals surface area contributed by atoms with Crippen molar-refractivity contribution < 1.29 is 22.5 Å². The van der Waals surface area contributed by atoms with Crippen LogP contribution in [0.4, 0.5) is 5.69 Å². The number of nitrogens with one attached hydrogen (secondary N) is 2. The van der Waals surface area contributed by atoms with Crippen LogP contribution in [0.5, 0.6) is 11.5 Å². The predicted octanol–water partition coefficient (Wildman–Crippen LogP) is 3.06. The Labute approximate surface area is 162 Å². The second-order valence-electron chi connectivity index (χ2n) is 5.80. The minimum absolute atomic E-state index is 0.110. The van der Waals surface area contributed by atoms with Crippen LogP contribution in [-0.4, -0.2) is 19.4 Å². The van der Waals surface area contributed by atoms with Crippen LogP contribution in [-0.2, 0) is 16.8 Å². The molecule has 0 heterocycles. The minimum Gasteiger partial charge on any atom is -0.504 e. The maximum atomic E-state index is 12.3. The Morgan fingerprint density at radius 1 is 0.893 bits per heavy atom. The number of benzene rings is 3. The molecule has 3 aromatic rings. The van der Waals surface area contributed by atoms with Gasteiger partial charge in [-0.2, -0.15) is 13.1 Å². The van der Waals surface area contributed by atoms with Gasteiger partial charge in [0.15, 0.2) is 11.5 Å². The lowest BCUT2D eigenvalue weighted by Crippen LogP contribution is -2.28. The Bertz CT molecular complexity index is 1070. The molecule has 0 saturated carbocycles. The molecule has 0 unspecified atom stereocenters. The molecular formula is C20H18N2O5S. The highest BCUT2D eigenvalue weighted by atomic mass is 32.2. The highest BCUT2D eigenvalue weighted by molar-refractivity contribution is 7.85. The number of phenols is 1. The molecule has 7 nitrogen and oxygen atoms in total. The van der Waals surface area contributed by atoms with E-state index >= 15 is 0 Å². The van der Waals surface area contributed by atoms with E-state index in [4.69, 9.17) is 4.18 Å². The molecule has 0 saturated heterocycles. The molecule has 0 radical (unpaired) electrons. The van der Waals surface area contributed by atoms with Crippen LogP contribution < -0.4 is 14.2 Å². The summed E-state index contributed by atoms with van der Waals surface area (Å²) in [7, 11) is -4.18. The van der Waals surface area contributed by atoms with Gasteiger partial charge in [0.2, 0.25) is 0 Å². The quantitative estimate of drug-likeness (QED) is 0.567. The van der Waals surface area contributed by atoms with Gasteiger partial charge in [-0.25, -0.2) is 0 Å². The summed E-state index contributed by atoms with van der Waals surface area (Å²) >= 11 is 0. The average Bonchev–Trinajstić information content (AvgIpc) is 2.70. The van der Waals surface area contributed by atoms with E-state index in [-0.39, 0.29) is 24.0 Å². The van der Waals surface area contributed by atoms with E-state index in [2.05, 4.69) is 10.0 Å². The number of rotatable bonds is 7. The normalized spacial score (nSPS) is 11.0. The Hall–Kier alpha value is -3.36. The lowest BCUT2D eigenvalue weighted by atomic mass is 10.1. The van der Waals surface area contributed by atoms with Gasteiger partial charge in [-0.15, -0.1) is 0 Å². The van der Waals surface area contributed by atoms with Crippen LogP contribution in [0.15, 0.2) is 78.9 Å². The SMILES string of the molecule is O=C(Nc1ccccc1CNS(=O)(=O)Oc1ccccc1O)c1ccccc1. The number of aromatic hydroxyl groups is 1. The van der Waals surface area contributed by atoms with Crippen molar-refractivity contribution in [2.24, 2.45) is 0 Å². The van der Waals surface area contributed by atoms with Crippen molar-refractivity contribution in [1.29, 1.82) is 0 Å². The molecule has 8 heteroatoms. The van der Waals surface area contributed by atoms with Gasteiger partial charge in [-0.05, 0) is 35.9 Å². The van der Waals surface area contributed by atoms with E-state index < -0.39 is 10.3 Å². The molecule has 3 rings (SSSR count). The topological polar surface area (TPSA) is 105 Å². The third kappa shape index (κ3) is 5.09. The smallest absolute Gasteiger partial charge is 0.383 e. The van der Waals surface area contributed by atoms with Gasteiger partial charge in [-0.1, -0.05) is 48.5 Å². The molecule has 0 atom stereocenters. The molecule has 0 aromatic heterocycles. The van der Waals surface area contributed by atoms with Crippen molar-refractivity contribution in [2.45, 2.75) is 6.54 Å². The number of hydrogen-bond acceptors (Lipinski definition) is 5. The molecule has 28 heavy (non-hydrogen) atoms. The first-order valence-corrected chi connectivity index (χ1v) is 9.77. The third-order valence-electron chi connectivity index (χ3n) is 3.81. The first-order valence-electron chi connectivity index (χ1n) is 8.36. The van der Waals surface area contributed by atoms with Crippen molar-refractivity contribution in [3.8, 4) is 11.5 Å². The number of anilines is 1. The molecule has 0 fully saturated rings. The molecule has 0 spiro atoms. The maximum Gasteiger partial charge on any atom is 0.383 e. The molecule has 3 N–H and O–H groups in total. The zero-order chi connectivity index (χ0) is 20.0. The van der Waals surface area contributed by atoms with Crippen LogP contribution in [0.2, 0.25) is 0 Å². The number of phenolic OH excluding ortho intramolecular Hbond substituents is 1. The summed E-state index contributed by atoms with van der Waals surface area (Å²) in [5.74, 6) is -0.773. The fraction of sp³-hybridized carbons (Fsp3) is 0.0500. The van der Waals surface area contributed by atoms with Crippen LogP contribution in [0.1, 0.15) is 15.9 Å². The second kappa shape index (κ2) is 8.55. The van der Waals surface area contributed by atoms with Gasteiger partial charge in [0.05, 0.1) is 0 Å². The van der Waals surface area contributed by atoms with E-state index in [1.54, 1.807) is 60.7 Å². The summed E-state index contributed by atoms with van der Waals surface area (Å²) in [5.41, 5.74) is 1.51. The average molecular weight is 398 g/mol. The molecule has 1 amide bonds. The van der Waals surface area contributed by atoms with E-state index in [0.29, 0.717) is 16.8 Å². The Balaban J connectivity index is 1.69. The number of amides is 1. The summed E-state index contributed by atoms with van der Waals surface area (Å²) in [6, 6.07) is 21.2. The fourth-order valence-electron chi connectivity index (χ4n) is 2.42. The van der Waals surface area contributed by atoms with Crippen LogP contribution in [0, 0.1) is 0 Å². The van der Waals surface area contributed by atoms with Gasteiger partial charge in [0.1, 0.15) is 0 Å². The second-order valence-corrected chi connectivity index (χ2v) is 7.17. The van der Waals surface area contributed by atoms with Crippen LogP contribution in [0.3, 0.4) is 0 Å². The summed E-state index contributed by atoms with van der Waals surface area (Å²) in [4.78, 5) is 12.3. The number of carbonyl (C=O) groups excluding carboxylic acids is 1. The number of carbonyl (C=O) groups is 1. The first kappa shape index (κ1) is 19.4. The summed E-state index contributed by atoms with van der Waals surface area (Å²) in [6.07, 6.45) is 0. The predicted molar refractivity (Wildman–Crippen MR) is 105 cm³/mol. The van der Waals surface area contributed by atoms with Gasteiger partial charge in [0.25, 0.3) is 5.91 Å². The van der Waals surface area contributed by atoms with E-state index in [1.165, 1.54) is 12.1 Å². The van der Waals surface area contributed by atoms with E-state index in [1.807, 2.05) is 6.07 Å². The van der Waals surface area contributed by atoms with Crippen molar-refractivity contribution in [1.82, 2.24) is 4.72 Å². The standard InChI is InChI=1S/C20H18N2O5S/c23-18-12-6-7-13-19(18)27-28(25,26)21-14-16-10-4-5-11-17(16)22-20(24)15-8-2-1-3-9-15/h1-13,21,23H,14H2,(H,22,24).